The summed E-state index contributed by atoms with van der Waals surface area (Å²) < 4.78 is 5.18. The molecule has 24 heavy (non-hydrogen) atoms. The summed E-state index contributed by atoms with van der Waals surface area (Å²) in [5, 5.41) is 0. The third-order valence-electron chi connectivity index (χ3n) is 4.60. The maximum atomic E-state index is 12.9. The average molecular weight is 324 g/mol. The first-order valence-corrected chi connectivity index (χ1v) is 8.33. The highest BCUT2D eigenvalue weighted by molar-refractivity contribution is 5.79. The van der Waals surface area contributed by atoms with Gasteiger partial charge in [-0.25, -0.2) is 0 Å². The first-order chi connectivity index (χ1) is 11.7. The van der Waals surface area contributed by atoms with Gasteiger partial charge in [0.2, 0.25) is 5.91 Å². The van der Waals surface area contributed by atoms with E-state index in [1.807, 2.05) is 47.4 Å². The van der Waals surface area contributed by atoms with Crippen LogP contribution in [0.2, 0.25) is 0 Å². The number of methoxy groups -OCH3 is 1. The fraction of sp³-hybridized carbons (Fsp3) is 0.350. The molecule has 0 radical (unpaired) electrons. The Hall–Kier alpha value is -2.33. The number of benzene rings is 2. The quantitative estimate of drug-likeness (QED) is 0.867. The Morgan fingerprint density at radius 2 is 1.79 bits per heavy atom. The molecule has 4 nitrogen and oxygen atoms in total. The minimum Gasteiger partial charge on any atom is -0.497 e. The number of likely N-dealkylation sites (N-methyl/N-ethyl adjacent to an activating group) is 1. The lowest BCUT2D eigenvalue weighted by molar-refractivity contribution is -0.135. The molecule has 1 aliphatic rings. The van der Waals surface area contributed by atoms with Crippen molar-refractivity contribution < 1.29 is 9.53 Å². The van der Waals surface area contributed by atoms with E-state index in [2.05, 4.69) is 24.1 Å². The average Bonchev–Trinajstić information content (AvgIpc) is 2.63. The summed E-state index contributed by atoms with van der Waals surface area (Å²) in [6.45, 7) is 2.56. The third kappa shape index (κ3) is 3.77. The van der Waals surface area contributed by atoms with Crippen molar-refractivity contribution in [1.29, 1.82) is 0 Å². The van der Waals surface area contributed by atoms with Crippen molar-refractivity contribution in [2.45, 2.75) is 12.5 Å². The Balaban J connectivity index is 1.75. The van der Waals surface area contributed by atoms with Crippen LogP contribution < -0.4 is 4.74 Å². The Bertz CT molecular complexity index is 670. The van der Waals surface area contributed by atoms with Gasteiger partial charge < -0.3 is 14.5 Å². The van der Waals surface area contributed by atoms with Crippen LogP contribution in [0.25, 0.3) is 0 Å². The van der Waals surface area contributed by atoms with Crippen LogP contribution in [0, 0.1) is 0 Å². The number of hydrogen-bond donors (Lipinski definition) is 0. The summed E-state index contributed by atoms with van der Waals surface area (Å²) in [7, 11) is 3.76. The van der Waals surface area contributed by atoms with E-state index in [-0.39, 0.29) is 11.9 Å². The smallest absolute Gasteiger partial charge is 0.227 e. The molecule has 0 spiro atoms. The Labute approximate surface area is 143 Å². The van der Waals surface area contributed by atoms with Gasteiger partial charge in [0.05, 0.1) is 19.6 Å². The standard InChI is InChI=1S/C20H24N2O2/c1-21-12-13-22(19(15-21)17-6-4-3-5-7-17)20(23)14-16-8-10-18(24-2)11-9-16/h3-11,19H,12-15H2,1-2H3. The van der Waals surface area contributed by atoms with Crippen LogP contribution in [0.4, 0.5) is 0 Å². The van der Waals surface area contributed by atoms with E-state index < -0.39 is 0 Å². The predicted octanol–water partition coefficient (Wildman–Crippen LogP) is 2.75. The lowest BCUT2D eigenvalue weighted by Gasteiger charge is -2.40. The number of nitrogens with zero attached hydrogens (tertiary/aromatic N) is 2. The lowest BCUT2D eigenvalue weighted by Crippen LogP contribution is -2.49. The Morgan fingerprint density at radius 1 is 1.08 bits per heavy atom. The predicted molar refractivity (Wildman–Crippen MR) is 95.1 cm³/mol. The Kier molecular flexibility index (Phi) is 5.16. The second-order valence-corrected chi connectivity index (χ2v) is 6.30. The van der Waals surface area contributed by atoms with E-state index in [4.69, 9.17) is 4.74 Å². The summed E-state index contributed by atoms with van der Waals surface area (Å²) >= 11 is 0. The van der Waals surface area contributed by atoms with Gasteiger partial charge in [-0.3, -0.25) is 4.79 Å². The Morgan fingerprint density at radius 3 is 2.46 bits per heavy atom. The highest BCUT2D eigenvalue weighted by atomic mass is 16.5. The molecule has 1 fully saturated rings. The molecule has 0 saturated carbocycles. The van der Waals surface area contributed by atoms with Gasteiger partial charge in [-0.1, -0.05) is 42.5 Å². The van der Waals surface area contributed by atoms with Crippen LogP contribution >= 0.6 is 0 Å². The number of rotatable bonds is 4. The van der Waals surface area contributed by atoms with Crippen molar-refractivity contribution in [2.75, 3.05) is 33.8 Å². The van der Waals surface area contributed by atoms with Crippen LogP contribution in [-0.2, 0) is 11.2 Å². The largest absolute Gasteiger partial charge is 0.497 e. The third-order valence-corrected chi connectivity index (χ3v) is 4.60. The van der Waals surface area contributed by atoms with E-state index in [1.165, 1.54) is 5.56 Å². The molecular weight excluding hydrogens is 300 g/mol. The molecule has 4 heteroatoms. The fourth-order valence-corrected chi connectivity index (χ4v) is 3.20. The first-order valence-electron chi connectivity index (χ1n) is 8.33. The van der Waals surface area contributed by atoms with Gasteiger partial charge in [0, 0.05) is 19.6 Å². The monoisotopic (exact) mass is 324 g/mol. The molecule has 0 bridgehead atoms. The van der Waals surface area contributed by atoms with Crippen molar-refractivity contribution in [3.8, 4) is 5.75 Å². The van der Waals surface area contributed by atoms with Gasteiger partial charge in [0.25, 0.3) is 0 Å². The molecule has 1 heterocycles. The van der Waals surface area contributed by atoms with Crippen LogP contribution in [0.5, 0.6) is 5.75 Å². The molecule has 1 saturated heterocycles. The number of carbonyl (C=O) groups is 1. The van der Waals surface area contributed by atoms with Gasteiger partial charge in [-0.05, 0) is 30.3 Å². The van der Waals surface area contributed by atoms with E-state index >= 15 is 0 Å². The normalized spacial score (nSPS) is 18.4. The van der Waals surface area contributed by atoms with Crippen LogP contribution in [0.15, 0.2) is 54.6 Å². The van der Waals surface area contributed by atoms with E-state index in [1.54, 1.807) is 7.11 Å². The molecular formula is C20H24N2O2. The summed E-state index contributed by atoms with van der Waals surface area (Å²) in [5.74, 6) is 0.995. The molecule has 0 aromatic heterocycles. The number of piperazine rings is 1. The molecule has 1 atom stereocenters. The highest BCUT2D eigenvalue weighted by Gasteiger charge is 2.29. The lowest BCUT2D eigenvalue weighted by atomic mass is 10.0. The SMILES string of the molecule is COc1ccc(CC(=O)N2CCN(C)CC2c2ccccc2)cc1. The maximum absolute atomic E-state index is 12.9. The number of amides is 1. The van der Waals surface area contributed by atoms with Crippen LogP contribution in [-0.4, -0.2) is 49.5 Å². The maximum Gasteiger partial charge on any atom is 0.227 e. The summed E-state index contributed by atoms with van der Waals surface area (Å²) in [4.78, 5) is 17.2. The summed E-state index contributed by atoms with van der Waals surface area (Å²) in [5.41, 5.74) is 2.22. The van der Waals surface area contributed by atoms with E-state index in [9.17, 15) is 4.79 Å². The van der Waals surface area contributed by atoms with Gasteiger partial charge in [0.15, 0.2) is 0 Å². The van der Waals surface area contributed by atoms with Gasteiger partial charge >= 0.3 is 0 Å². The van der Waals surface area contributed by atoms with Crippen LogP contribution in [0.1, 0.15) is 17.2 Å². The highest BCUT2D eigenvalue weighted by Crippen LogP contribution is 2.25. The molecule has 1 amide bonds. The van der Waals surface area contributed by atoms with Crippen molar-refractivity contribution in [3.05, 3.63) is 65.7 Å². The summed E-state index contributed by atoms with van der Waals surface area (Å²) in [6.07, 6.45) is 0.428. The van der Waals surface area contributed by atoms with E-state index in [0.29, 0.717) is 6.42 Å². The molecule has 1 aliphatic heterocycles. The molecule has 0 N–H and O–H groups in total. The van der Waals surface area contributed by atoms with E-state index in [0.717, 1.165) is 30.9 Å². The second kappa shape index (κ2) is 7.49. The minimum atomic E-state index is 0.121. The minimum absolute atomic E-state index is 0.121. The van der Waals surface area contributed by atoms with Crippen LogP contribution in [0.3, 0.4) is 0 Å². The molecule has 2 aromatic carbocycles. The van der Waals surface area contributed by atoms with Crippen molar-refractivity contribution in [3.63, 3.8) is 0 Å². The molecule has 3 rings (SSSR count). The number of ether oxygens (including phenoxy) is 1. The summed E-state index contributed by atoms with van der Waals surface area (Å²) in [6, 6.07) is 18.2. The van der Waals surface area contributed by atoms with Crippen molar-refractivity contribution in [1.82, 2.24) is 9.80 Å². The molecule has 126 valence electrons. The number of hydrogen-bond acceptors (Lipinski definition) is 3. The molecule has 1 unspecified atom stereocenters. The fourth-order valence-electron chi connectivity index (χ4n) is 3.20. The van der Waals surface area contributed by atoms with Gasteiger partial charge in [-0.15, -0.1) is 0 Å². The van der Waals surface area contributed by atoms with Crippen molar-refractivity contribution in [2.24, 2.45) is 0 Å². The topological polar surface area (TPSA) is 32.8 Å². The first kappa shape index (κ1) is 16.5. The molecule has 2 aromatic rings. The van der Waals surface area contributed by atoms with Gasteiger partial charge in [-0.2, -0.15) is 0 Å². The zero-order valence-electron chi connectivity index (χ0n) is 14.3. The van der Waals surface area contributed by atoms with Crippen molar-refractivity contribution >= 4 is 5.91 Å². The van der Waals surface area contributed by atoms with Gasteiger partial charge in [0.1, 0.15) is 5.75 Å². The molecule has 0 aliphatic carbocycles. The second-order valence-electron chi connectivity index (χ2n) is 6.30. The zero-order valence-corrected chi connectivity index (χ0v) is 14.3. The number of carbonyl (C=O) groups excluding carboxylic acids is 1. The zero-order chi connectivity index (χ0) is 16.9.